The van der Waals surface area contributed by atoms with Crippen molar-refractivity contribution in [3.05, 3.63) is 29.8 Å². The van der Waals surface area contributed by atoms with E-state index < -0.39 is 0 Å². The van der Waals surface area contributed by atoms with Crippen LogP contribution < -0.4 is 10.6 Å². The molecule has 0 unspecified atom stereocenters. The number of rotatable bonds is 4. The van der Waals surface area contributed by atoms with E-state index in [-0.39, 0.29) is 5.91 Å². The monoisotopic (exact) mass is 245 g/mol. The normalized spacial score (nSPS) is 14.3. The highest BCUT2D eigenvalue weighted by Crippen LogP contribution is 2.17. The van der Waals surface area contributed by atoms with Crippen LogP contribution in [0.15, 0.2) is 29.3 Å². The van der Waals surface area contributed by atoms with Gasteiger partial charge >= 0.3 is 0 Å². The van der Waals surface area contributed by atoms with E-state index >= 15 is 0 Å². The van der Waals surface area contributed by atoms with Gasteiger partial charge in [0.25, 0.3) is 0 Å². The van der Waals surface area contributed by atoms with Crippen LogP contribution in [-0.4, -0.2) is 24.8 Å². The van der Waals surface area contributed by atoms with E-state index in [4.69, 9.17) is 0 Å². The zero-order valence-electron chi connectivity index (χ0n) is 10.9. The van der Waals surface area contributed by atoms with Crippen molar-refractivity contribution in [2.45, 2.75) is 20.3 Å². The third kappa shape index (κ3) is 3.09. The first-order valence-corrected chi connectivity index (χ1v) is 6.34. The molecule has 4 nitrogen and oxygen atoms in total. The van der Waals surface area contributed by atoms with Crippen LogP contribution in [0, 0.1) is 5.92 Å². The van der Waals surface area contributed by atoms with Crippen LogP contribution in [0.25, 0.3) is 0 Å². The van der Waals surface area contributed by atoms with Gasteiger partial charge in [0, 0.05) is 18.5 Å². The third-order valence-corrected chi connectivity index (χ3v) is 2.72. The molecule has 1 aromatic carbocycles. The fraction of sp³-hybridized carbons (Fsp3) is 0.429. The Morgan fingerprint density at radius 2 is 2.22 bits per heavy atom. The molecule has 18 heavy (non-hydrogen) atoms. The molecule has 1 amide bonds. The number of benzene rings is 1. The molecule has 0 atom stereocenters. The summed E-state index contributed by atoms with van der Waals surface area (Å²) < 4.78 is 0. The van der Waals surface area contributed by atoms with Gasteiger partial charge in [-0.3, -0.25) is 9.79 Å². The van der Waals surface area contributed by atoms with Gasteiger partial charge in [0.15, 0.2) is 0 Å². The summed E-state index contributed by atoms with van der Waals surface area (Å²) in [5.41, 5.74) is 1.79. The molecule has 1 heterocycles. The maximum Gasteiger partial charge on any atom is 0.224 e. The molecule has 96 valence electrons. The van der Waals surface area contributed by atoms with E-state index in [0.29, 0.717) is 12.3 Å². The second-order valence-corrected chi connectivity index (χ2v) is 4.85. The molecule has 4 heteroatoms. The molecule has 0 aromatic heterocycles. The van der Waals surface area contributed by atoms with Gasteiger partial charge in [0.2, 0.25) is 5.91 Å². The van der Waals surface area contributed by atoms with Crippen LogP contribution in [-0.2, 0) is 4.79 Å². The van der Waals surface area contributed by atoms with Crippen molar-refractivity contribution in [1.82, 2.24) is 5.32 Å². The number of hydrogen-bond donors (Lipinski definition) is 2. The SMILES string of the molecule is CC(C)CC(=O)Nc1ccccc1C1=NCCN1. The van der Waals surface area contributed by atoms with E-state index in [0.717, 1.165) is 30.2 Å². The minimum atomic E-state index is 0.0519. The Hall–Kier alpha value is -1.84. The van der Waals surface area contributed by atoms with Crippen LogP contribution in [0.4, 0.5) is 5.69 Å². The lowest BCUT2D eigenvalue weighted by molar-refractivity contribution is -0.116. The van der Waals surface area contributed by atoms with Crippen molar-refractivity contribution >= 4 is 17.4 Å². The summed E-state index contributed by atoms with van der Waals surface area (Å²) in [5, 5.41) is 6.18. The molecule has 2 rings (SSSR count). The van der Waals surface area contributed by atoms with Gasteiger partial charge < -0.3 is 10.6 Å². The van der Waals surface area contributed by atoms with Crippen LogP contribution in [0.3, 0.4) is 0 Å². The van der Waals surface area contributed by atoms with E-state index in [9.17, 15) is 4.79 Å². The molecule has 1 aliphatic rings. The molecule has 0 bridgehead atoms. The third-order valence-electron chi connectivity index (χ3n) is 2.72. The average molecular weight is 245 g/mol. The topological polar surface area (TPSA) is 53.5 Å². The van der Waals surface area contributed by atoms with Crippen molar-refractivity contribution in [1.29, 1.82) is 0 Å². The Balaban J connectivity index is 2.15. The zero-order valence-corrected chi connectivity index (χ0v) is 10.9. The molecule has 0 fully saturated rings. The van der Waals surface area contributed by atoms with Crippen molar-refractivity contribution in [2.24, 2.45) is 10.9 Å². The molecule has 2 N–H and O–H groups in total. The maximum atomic E-state index is 11.8. The summed E-state index contributed by atoms with van der Waals surface area (Å²) in [6, 6.07) is 7.76. The Kier molecular flexibility index (Phi) is 3.97. The minimum Gasteiger partial charge on any atom is -0.368 e. The first kappa shape index (κ1) is 12.6. The highest BCUT2D eigenvalue weighted by Gasteiger charge is 2.14. The number of hydrogen-bond acceptors (Lipinski definition) is 3. The summed E-state index contributed by atoms with van der Waals surface area (Å²) in [7, 11) is 0. The Morgan fingerprint density at radius 3 is 2.89 bits per heavy atom. The standard InChI is InChI=1S/C14H19N3O/c1-10(2)9-13(18)17-12-6-4-3-5-11(12)14-15-7-8-16-14/h3-6,10H,7-9H2,1-2H3,(H,15,16)(H,17,18). The number of para-hydroxylation sites is 1. The second-order valence-electron chi connectivity index (χ2n) is 4.85. The summed E-state index contributed by atoms with van der Waals surface area (Å²) in [6.45, 7) is 5.73. The minimum absolute atomic E-state index is 0.0519. The Labute approximate surface area is 108 Å². The first-order chi connectivity index (χ1) is 8.66. The van der Waals surface area contributed by atoms with Gasteiger partial charge in [0.05, 0.1) is 12.2 Å². The average Bonchev–Trinajstić information content (AvgIpc) is 2.81. The smallest absolute Gasteiger partial charge is 0.224 e. The Bertz CT molecular complexity index is 466. The lowest BCUT2D eigenvalue weighted by Crippen LogP contribution is -2.22. The highest BCUT2D eigenvalue weighted by molar-refractivity contribution is 6.07. The van der Waals surface area contributed by atoms with Gasteiger partial charge in [-0.25, -0.2) is 0 Å². The molecule has 1 aliphatic heterocycles. The molecule has 0 saturated heterocycles. The number of nitrogens with one attached hydrogen (secondary N) is 2. The highest BCUT2D eigenvalue weighted by atomic mass is 16.1. The molecule has 0 aliphatic carbocycles. The maximum absolute atomic E-state index is 11.8. The Morgan fingerprint density at radius 1 is 1.44 bits per heavy atom. The van der Waals surface area contributed by atoms with Gasteiger partial charge in [0.1, 0.15) is 5.84 Å². The number of anilines is 1. The summed E-state index contributed by atoms with van der Waals surface area (Å²) in [6.07, 6.45) is 0.536. The lowest BCUT2D eigenvalue weighted by atomic mass is 10.1. The van der Waals surface area contributed by atoms with E-state index in [1.165, 1.54) is 0 Å². The van der Waals surface area contributed by atoms with E-state index in [2.05, 4.69) is 15.6 Å². The molecule has 0 radical (unpaired) electrons. The summed E-state index contributed by atoms with van der Waals surface area (Å²) in [4.78, 5) is 16.2. The summed E-state index contributed by atoms with van der Waals surface area (Å²) in [5.74, 6) is 1.28. The molecule has 0 saturated carbocycles. The first-order valence-electron chi connectivity index (χ1n) is 6.34. The van der Waals surface area contributed by atoms with Gasteiger partial charge in [-0.2, -0.15) is 0 Å². The van der Waals surface area contributed by atoms with Crippen molar-refractivity contribution in [2.75, 3.05) is 18.4 Å². The molecular weight excluding hydrogens is 226 g/mol. The van der Waals surface area contributed by atoms with Crippen molar-refractivity contribution in [3.8, 4) is 0 Å². The van der Waals surface area contributed by atoms with Crippen molar-refractivity contribution < 1.29 is 4.79 Å². The van der Waals surface area contributed by atoms with Crippen LogP contribution >= 0.6 is 0 Å². The largest absolute Gasteiger partial charge is 0.368 e. The second kappa shape index (κ2) is 5.67. The van der Waals surface area contributed by atoms with Crippen molar-refractivity contribution in [3.63, 3.8) is 0 Å². The number of carbonyl (C=O) groups excluding carboxylic acids is 1. The number of aliphatic imine (C=N–C) groups is 1. The van der Waals surface area contributed by atoms with Gasteiger partial charge in [-0.1, -0.05) is 26.0 Å². The zero-order chi connectivity index (χ0) is 13.0. The van der Waals surface area contributed by atoms with Gasteiger partial charge in [-0.15, -0.1) is 0 Å². The van der Waals surface area contributed by atoms with Crippen LogP contribution in [0.5, 0.6) is 0 Å². The van der Waals surface area contributed by atoms with Crippen LogP contribution in [0.2, 0.25) is 0 Å². The van der Waals surface area contributed by atoms with E-state index in [1.54, 1.807) is 0 Å². The lowest BCUT2D eigenvalue weighted by Gasteiger charge is -2.12. The molecule has 1 aromatic rings. The number of amides is 1. The fourth-order valence-corrected chi connectivity index (χ4v) is 1.95. The molecular formula is C14H19N3O. The molecule has 0 spiro atoms. The quantitative estimate of drug-likeness (QED) is 0.852. The predicted octanol–water partition coefficient (Wildman–Crippen LogP) is 2.02. The predicted molar refractivity (Wildman–Crippen MR) is 73.9 cm³/mol. The number of nitrogens with zero attached hydrogens (tertiary/aromatic N) is 1. The van der Waals surface area contributed by atoms with E-state index in [1.807, 2.05) is 38.1 Å². The number of amidine groups is 1. The van der Waals surface area contributed by atoms with Crippen LogP contribution in [0.1, 0.15) is 25.8 Å². The number of carbonyl (C=O) groups is 1. The summed E-state index contributed by atoms with van der Waals surface area (Å²) >= 11 is 0. The fourth-order valence-electron chi connectivity index (χ4n) is 1.95. The van der Waals surface area contributed by atoms with Gasteiger partial charge in [-0.05, 0) is 18.1 Å².